The second-order valence-electron chi connectivity index (χ2n) is 6.33. The number of carbonyl (C=O) groups is 1. The Balaban J connectivity index is 1.46. The van der Waals surface area contributed by atoms with Gasteiger partial charge in [-0.15, -0.1) is 0 Å². The predicted octanol–water partition coefficient (Wildman–Crippen LogP) is 2.36. The molecule has 0 aliphatic rings. The highest BCUT2D eigenvalue weighted by molar-refractivity contribution is 5.78. The maximum absolute atomic E-state index is 12.1. The second-order valence-corrected chi connectivity index (χ2v) is 6.33. The molecular weight excluding hydrogens is 312 g/mol. The van der Waals surface area contributed by atoms with Crippen molar-refractivity contribution in [2.45, 2.75) is 13.0 Å². The molecule has 130 valence electrons. The Kier molecular flexibility index (Phi) is 5.46. The van der Waals surface area contributed by atoms with Gasteiger partial charge in [0.2, 0.25) is 5.91 Å². The number of rotatable bonds is 7. The monoisotopic (exact) mass is 336 g/mol. The molecule has 3 aromatic rings. The van der Waals surface area contributed by atoms with E-state index in [2.05, 4.69) is 33.1 Å². The van der Waals surface area contributed by atoms with E-state index in [-0.39, 0.29) is 5.91 Å². The van der Waals surface area contributed by atoms with E-state index >= 15 is 0 Å². The summed E-state index contributed by atoms with van der Waals surface area (Å²) in [5.41, 5.74) is 3.32. The van der Waals surface area contributed by atoms with Gasteiger partial charge in [0.25, 0.3) is 0 Å². The zero-order chi connectivity index (χ0) is 17.6. The molecule has 2 aromatic carbocycles. The van der Waals surface area contributed by atoms with Crippen molar-refractivity contribution in [2.75, 3.05) is 20.1 Å². The normalized spacial score (nSPS) is 11.2. The Bertz CT molecular complexity index is 841. The molecule has 0 unspecified atom stereocenters. The van der Waals surface area contributed by atoms with Crippen molar-refractivity contribution in [2.24, 2.45) is 7.05 Å². The Morgan fingerprint density at radius 3 is 2.60 bits per heavy atom. The minimum absolute atomic E-state index is 0.0391. The summed E-state index contributed by atoms with van der Waals surface area (Å²) >= 11 is 0. The third-order valence-corrected chi connectivity index (χ3v) is 4.26. The van der Waals surface area contributed by atoms with Crippen LogP contribution in [-0.4, -0.2) is 40.5 Å². The number of benzene rings is 2. The van der Waals surface area contributed by atoms with Crippen molar-refractivity contribution < 1.29 is 4.79 Å². The number of carbonyl (C=O) groups excluding carboxylic acids is 1. The quantitative estimate of drug-likeness (QED) is 0.721. The van der Waals surface area contributed by atoms with Crippen LogP contribution in [0.3, 0.4) is 0 Å². The minimum atomic E-state index is 0.0391. The summed E-state index contributed by atoms with van der Waals surface area (Å²) < 4.78 is 2.09. The van der Waals surface area contributed by atoms with Crippen molar-refractivity contribution in [1.82, 2.24) is 19.8 Å². The summed E-state index contributed by atoms with van der Waals surface area (Å²) in [6.07, 6.45) is 0.722. The fourth-order valence-corrected chi connectivity index (χ4v) is 2.98. The Morgan fingerprint density at radius 2 is 1.84 bits per heavy atom. The molecule has 0 spiro atoms. The summed E-state index contributed by atoms with van der Waals surface area (Å²) in [5, 5.41) is 2.99. The molecule has 0 radical (unpaired) electrons. The van der Waals surface area contributed by atoms with Crippen LogP contribution in [0, 0.1) is 0 Å². The number of likely N-dealkylation sites (N-methyl/N-ethyl adjacent to an activating group) is 1. The number of para-hydroxylation sites is 2. The van der Waals surface area contributed by atoms with Crippen LogP contribution in [0.2, 0.25) is 0 Å². The lowest BCUT2D eigenvalue weighted by Crippen LogP contribution is -2.36. The zero-order valence-corrected chi connectivity index (χ0v) is 14.8. The summed E-state index contributed by atoms with van der Waals surface area (Å²) in [7, 11) is 3.97. The predicted molar refractivity (Wildman–Crippen MR) is 100 cm³/mol. The van der Waals surface area contributed by atoms with Crippen LogP contribution in [0.4, 0.5) is 0 Å². The first kappa shape index (κ1) is 17.2. The van der Waals surface area contributed by atoms with Gasteiger partial charge in [-0.3, -0.25) is 9.69 Å². The molecule has 5 nitrogen and oxygen atoms in total. The average Bonchev–Trinajstić information content (AvgIpc) is 2.92. The van der Waals surface area contributed by atoms with Gasteiger partial charge in [-0.1, -0.05) is 42.5 Å². The second kappa shape index (κ2) is 7.94. The smallest absolute Gasteiger partial charge is 0.234 e. The average molecular weight is 336 g/mol. The van der Waals surface area contributed by atoms with Gasteiger partial charge in [-0.2, -0.15) is 0 Å². The molecular formula is C20H24N4O. The van der Waals surface area contributed by atoms with Crippen molar-refractivity contribution in [3.8, 4) is 0 Å². The number of nitrogens with zero attached hydrogens (tertiary/aromatic N) is 3. The van der Waals surface area contributed by atoms with E-state index in [1.165, 1.54) is 5.56 Å². The highest BCUT2D eigenvalue weighted by Crippen LogP contribution is 2.14. The van der Waals surface area contributed by atoms with E-state index < -0.39 is 0 Å². The number of hydrogen-bond donors (Lipinski definition) is 1. The van der Waals surface area contributed by atoms with E-state index in [1.54, 1.807) is 0 Å². The number of imidazole rings is 1. The molecule has 0 fully saturated rings. The first-order valence-electron chi connectivity index (χ1n) is 8.53. The van der Waals surface area contributed by atoms with Crippen LogP contribution in [-0.2, 0) is 24.8 Å². The van der Waals surface area contributed by atoms with Gasteiger partial charge in [-0.05, 0) is 24.7 Å². The van der Waals surface area contributed by atoms with Gasteiger partial charge in [0.05, 0.1) is 17.6 Å². The number of fused-ring (bicyclic) bond motifs is 1. The molecule has 1 amide bonds. The Hall–Kier alpha value is -2.66. The zero-order valence-electron chi connectivity index (χ0n) is 14.8. The topological polar surface area (TPSA) is 50.2 Å². The van der Waals surface area contributed by atoms with E-state index in [9.17, 15) is 4.79 Å². The van der Waals surface area contributed by atoms with Gasteiger partial charge < -0.3 is 9.88 Å². The third-order valence-electron chi connectivity index (χ3n) is 4.26. The van der Waals surface area contributed by atoms with Gasteiger partial charge in [0.1, 0.15) is 5.82 Å². The fraction of sp³-hybridized carbons (Fsp3) is 0.300. The van der Waals surface area contributed by atoms with E-state index in [0.29, 0.717) is 13.1 Å². The van der Waals surface area contributed by atoms with E-state index in [4.69, 9.17) is 0 Å². The van der Waals surface area contributed by atoms with Crippen LogP contribution in [0.15, 0.2) is 54.6 Å². The minimum Gasteiger partial charge on any atom is -0.355 e. The highest BCUT2D eigenvalue weighted by atomic mass is 16.2. The van der Waals surface area contributed by atoms with Crippen molar-refractivity contribution in [3.05, 3.63) is 66.0 Å². The van der Waals surface area contributed by atoms with Crippen molar-refractivity contribution >= 4 is 16.9 Å². The Morgan fingerprint density at radius 1 is 1.12 bits per heavy atom. The van der Waals surface area contributed by atoms with Crippen LogP contribution >= 0.6 is 0 Å². The number of aromatic nitrogens is 2. The molecule has 1 aromatic heterocycles. The summed E-state index contributed by atoms with van der Waals surface area (Å²) in [5.74, 6) is 1.02. The number of hydrogen-bond acceptors (Lipinski definition) is 3. The highest BCUT2D eigenvalue weighted by Gasteiger charge is 2.09. The maximum atomic E-state index is 12.1. The van der Waals surface area contributed by atoms with Gasteiger partial charge in [0.15, 0.2) is 0 Å². The molecule has 0 aliphatic carbocycles. The molecule has 0 saturated carbocycles. The van der Waals surface area contributed by atoms with E-state index in [0.717, 1.165) is 29.8 Å². The first-order chi connectivity index (χ1) is 12.1. The summed E-state index contributed by atoms with van der Waals surface area (Å²) in [4.78, 5) is 18.8. The lowest BCUT2D eigenvalue weighted by Gasteiger charge is -2.16. The summed E-state index contributed by atoms with van der Waals surface area (Å²) in [6.45, 7) is 1.74. The molecule has 3 rings (SSSR count). The third kappa shape index (κ3) is 4.45. The summed E-state index contributed by atoms with van der Waals surface area (Å²) in [6, 6.07) is 18.2. The van der Waals surface area contributed by atoms with Gasteiger partial charge in [0, 0.05) is 26.6 Å². The molecule has 0 atom stereocenters. The van der Waals surface area contributed by atoms with Crippen LogP contribution in [0.1, 0.15) is 11.4 Å². The van der Waals surface area contributed by atoms with Crippen LogP contribution in [0.5, 0.6) is 0 Å². The largest absolute Gasteiger partial charge is 0.355 e. The standard InChI is InChI=1S/C20H24N4O/c1-23(14-16-8-4-3-5-9-16)15-20(25)21-13-12-19-22-17-10-6-7-11-18(17)24(19)2/h3-11H,12-15H2,1-2H3,(H,21,25). The van der Waals surface area contributed by atoms with Crippen molar-refractivity contribution in [1.29, 1.82) is 0 Å². The van der Waals surface area contributed by atoms with E-state index in [1.807, 2.05) is 55.4 Å². The van der Waals surface area contributed by atoms with Gasteiger partial charge >= 0.3 is 0 Å². The van der Waals surface area contributed by atoms with Crippen LogP contribution in [0.25, 0.3) is 11.0 Å². The molecule has 0 aliphatic heterocycles. The van der Waals surface area contributed by atoms with Crippen LogP contribution < -0.4 is 5.32 Å². The fourth-order valence-electron chi connectivity index (χ4n) is 2.98. The molecule has 0 bridgehead atoms. The van der Waals surface area contributed by atoms with Crippen molar-refractivity contribution in [3.63, 3.8) is 0 Å². The molecule has 25 heavy (non-hydrogen) atoms. The molecule has 5 heteroatoms. The molecule has 1 heterocycles. The lowest BCUT2D eigenvalue weighted by atomic mass is 10.2. The maximum Gasteiger partial charge on any atom is 0.234 e. The molecule has 0 saturated heterocycles. The van der Waals surface area contributed by atoms with Gasteiger partial charge in [-0.25, -0.2) is 4.98 Å². The number of amides is 1. The molecule has 1 N–H and O–H groups in total. The lowest BCUT2D eigenvalue weighted by molar-refractivity contribution is -0.122. The SMILES string of the molecule is CN(CC(=O)NCCc1nc2ccccc2n1C)Cc1ccccc1. The Labute approximate surface area is 148 Å². The number of nitrogens with one attached hydrogen (secondary N) is 1. The number of aryl methyl sites for hydroxylation is 1. The first-order valence-corrected chi connectivity index (χ1v) is 8.53.